The van der Waals surface area contributed by atoms with Gasteiger partial charge in [0.1, 0.15) is 5.75 Å². The van der Waals surface area contributed by atoms with E-state index in [4.69, 9.17) is 9.26 Å². The Kier molecular flexibility index (Phi) is 4.29. The molecule has 0 N–H and O–H groups in total. The van der Waals surface area contributed by atoms with Crippen molar-refractivity contribution in [2.45, 2.75) is 26.9 Å². The van der Waals surface area contributed by atoms with Crippen LogP contribution in [0.2, 0.25) is 0 Å². The molecule has 0 amide bonds. The highest BCUT2D eigenvalue weighted by Crippen LogP contribution is 2.18. The van der Waals surface area contributed by atoms with Crippen molar-refractivity contribution < 1.29 is 14.2 Å². The monoisotopic (exact) mass is 277 g/mol. The summed E-state index contributed by atoms with van der Waals surface area (Å²) in [6.45, 7) is 4.29. The lowest BCUT2D eigenvalue weighted by Gasteiger charge is -2.01. The summed E-state index contributed by atoms with van der Waals surface area (Å²) < 4.78 is 10.5. The molecule has 1 aromatic carbocycles. The zero-order valence-corrected chi connectivity index (χ0v) is 11.3. The Hall–Kier alpha value is -2.44. The van der Waals surface area contributed by atoms with Gasteiger partial charge in [-0.15, -0.1) is 0 Å². The van der Waals surface area contributed by atoms with Gasteiger partial charge in [0.05, 0.1) is 4.92 Å². The van der Waals surface area contributed by atoms with Crippen LogP contribution in [0, 0.1) is 16.0 Å². The van der Waals surface area contributed by atoms with E-state index in [-0.39, 0.29) is 12.3 Å². The fourth-order valence-corrected chi connectivity index (χ4v) is 1.61. The van der Waals surface area contributed by atoms with Crippen molar-refractivity contribution in [2.24, 2.45) is 5.92 Å². The standard InChI is InChI=1S/C13H15N3O4/c1-9(2)7-12-14-13(20-15-12)8-19-11-5-3-10(4-6-11)16(17)18/h3-6,9H,7-8H2,1-2H3. The number of benzene rings is 1. The molecule has 1 aromatic heterocycles. The third kappa shape index (κ3) is 3.78. The second-order valence-electron chi connectivity index (χ2n) is 4.74. The number of hydrogen-bond donors (Lipinski definition) is 0. The van der Waals surface area contributed by atoms with Crippen LogP contribution in [0.4, 0.5) is 5.69 Å². The molecular weight excluding hydrogens is 262 g/mol. The van der Waals surface area contributed by atoms with Gasteiger partial charge >= 0.3 is 0 Å². The Morgan fingerprint density at radius 2 is 2.05 bits per heavy atom. The molecule has 0 spiro atoms. The highest BCUT2D eigenvalue weighted by Gasteiger charge is 2.09. The summed E-state index contributed by atoms with van der Waals surface area (Å²) in [7, 11) is 0. The van der Waals surface area contributed by atoms with E-state index in [1.54, 1.807) is 0 Å². The second kappa shape index (κ2) is 6.14. The van der Waals surface area contributed by atoms with Crippen molar-refractivity contribution in [3.63, 3.8) is 0 Å². The number of non-ortho nitro benzene ring substituents is 1. The first-order chi connectivity index (χ1) is 9.54. The molecule has 0 fully saturated rings. The molecule has 0 radical (unpaired) electrons. The molecule has 0 atom stereocenters. The molecule has 0 aliphatic rings. The Morgan fingerprint density at radius 3 is 2.65 bits per heavy atom. The van der Waals surface area contributed by atoms with E-state index in [2.05, 4.69) is 24.0 Å². The van der Waals surface area contributed by atoms with Gasteiger partial charge in [-0.3, -0.25) is 10.1 Å². The van der Waals surface area contributed by atoms with Gasteiger partial charge < -0.3 is 9.26 Å². The summed E-state index contributed by atoms with van der Waals surface area (Å²) in [5.74, 6) is 2.01. The van der Waals surface area contributed by atoms with E-state index in [0.29, 0.717) is 23.4 Å². The minimum Gasteiger partial charge on any atom is -0.484 e. The highest BCUT2D eigenvalue weighted by molar-refractivity contribution is 5.35. The van der Waals surface area contributed by atoms with Crippen molar-refractivity contribution >= 4 is 5.69 Å². The molecule has 2 rings (SSSR count). The van der Waals surface area contributed by atoms with E-state index in [1.807, 2.05) is 0 Å². The van der Waals surface area contributed by atoms with E-state index in [1.165, 1.54) is 24.3 Å². The summed E-state index contributed by atoms with van der Waals surface area (Å²) in [4.78, 5) is 14.3. The fourth-order valence-electron chi connectivity index (χ4n) is 1.61. The molecule has 2 aromatic rings. The third-order valence-electron chi connectivity index (χ3n) is 2.51. The number of nitro groups is 1. The maximum absolute atomic E-state index is 10.5. The minimum absolute atomic E-state index is 0.0226. The lowest BCUT2D eigenvalue weighted by atomic mass is 10.1. The average molecular weight is 277 g/mol. The van der Waals surface area contributed by atoms with E-state index >= 15 is 0 Å². The molecule has 7 heteroatoms. The Balaban J connectivity index is 1.91. The van der Waals surface area contributed by atoms with Crippen molar-refractivity contribution in [1.29, 1.82) is 0 Å². The Bertz CT molecular complexity index is 578. The molecule has 0 saturated heterocycles. The second-order valence-corrected chi connectivity index (χ2v) is 4.74. The van der Waals surface area contributed by atoms with Crippen LogP contribution in [0.5, 0.6) is 5.75 Å². The Morgan fingerprint density at radius 1 is 1.35 bits per heavy atom. The zero-order valence-electron chi connectivity index (χ0n) is 11.3. The summed E-state index contributed by atoms with van der Waals surface area (Å²) in [5.41, 5.74) is 0.0226. The molecule has 0 aliphatic carbocycles. The van der Waals surface area contributed by atoms with Crippen LogP contribution in [0.3, 0.4) is 0 Å². The smallest absolute Gasteiger partial charge is 0.269 e. The van der Waals surface area contributed by atoms with E-state index in [9.17, 15) is 10.1 Å². The molecular formula is C13H15N3O4. The lowest BCUT2D eigenvalue weighted by Crippen LogP contribution is -1.98. The maximum atomic E-state index is 10.5. The van der Waals surface area contributed by atoms with Gasteiger partial charge in [0.2, 0.25) is 0 Å². The number of nitrogens with zero attached hydrogens (tertiary/aromatic N) is 3. The normalized spacial score (nSPS) is 10.8. The zero-order chi connectivity index (χ0) is 14.5. The number of ether oxygens (including phenoxy) is 1. The molecule has 1 heterocycles. The molecule has 0 bridgehead atoms. The van der Waals surface area contributed by atoms with Crippen LogP contribution in [0.15, 0.2) is 28.8 Å². The summed E-state index contributed by atoms with van der Waals surface area (Å²) >= 11 is 0. The minimum atomic E-state index is -0.458. The van der Waals surface area contributed by atoms with Gasteiger partial charge in [-0.05, 0) is 18.1 Å². The highest BCUT2D eigenvalue weighted by atomic mass is 16.6. The lowest BCUT2D eigenvalue weighted by molar-refractivity contribution is -0.384. The van der Waals surface area contributed by atoms with Crippen molar-refractivity contribution in [2.75, 3.05) is 0 Å². The van der Waals surface area contributed by atoms with Gasteiger partial charge in [-0.2, -0.15) is 4.98 Å². The van der Waals surface area contributed by atoms with Gasteiger partial charge in [-0.25, -0.2) is 0 Å². The van der Waals surface area contributed by atoms with Crippen LogP contribution in [0.1, 0.15) is 25.6 Å². The number of aromatic nitrogens is 2. The average Bonchev–Trinajstić information content (AvgIpc) is 2.83. The van der Waals surface area contributed by atoms with Crippen LogP contribution in [-0.2, 0) is 13.0 Å². The van der Waals surface area contributed by atoms with E-state index in [0.717, 1.165) is 6.42 Å². The van der Waals surface area contributed by atoms with Gasteiger partial charge in [-0.1, -0.05) is 19.0 Å². The SMILES string of the molecule is CC(C)Cc1noc(COc2ccc([N+](=O)[O-])cc2)n1. The third-order valence-corrected chi connectivity index (χ3v) is 2.51. The largest absolute Gasteiger partial charge is 0.484 e. The van der Waals surface area contributed by atoms with Gasteiger partial charge in [0, 0.05) is 18.6 Å². The van der Waals surface area contributed by atoms with Crippen LogP contribution in [-0.4, -0.2) is 15.1 Å². The number of nitro benzene ring substituents is 1. The van der Waals surface area contributed by atoms with Crippen molar-refractivity contribution in [1.82, 2.24) is 10.1 Å². The summed E-state index contributed by atoms with van der Waals surface area (Å²) in [6, 6.07) is 5.83. The van der Waals surface area contributed by atoms with Crippen molar-refractivity contribution in [3.8, 4) is 5.75 Å². The van der Waals surface area contributed by atoms with Gasteiger partial charge in [0.25, 0.3) is 11.6 Å². The fraction of sp³-hybridized carbons (Fsp3) is 0.385. The first-order valence-corrected chi connectivity index (χ1v) is 6.23. The number of rotatable bonds is 6. The molecule has 0 saturated carbocycles. The van der Waals surface area contributed by atoms with Crippen LogP contribution in [0.25, 0.3) is 0 Å². The maximum Gasteiger partial charge on any atom is 0.269 e. The van der Waals surface area contributed by atoms with Crippen molar-refractivity contribution in [3.05, 3.63) is 46.1 Å². The van der Waals surface area contributed by atoms with Crippen LogP contribution >= 0.6 is 0 Å². The summed E-state index contributed by atoms with van der Waals surface area (Å²) in [6.07, 6.45) is 0.751. The quantitative estimate of drug-likeness (QED) is 0.595. The predicted molar refractivity (Wildman–Crippen MR) is 70.3 cm³/mol. The van der Waals surface area contributed by atoms with Crippen LogP contribution < -0.4 is 4.74 Å². The molecule has 106 valence electrons. The topological polar surface area (TPSA) is 91.3 Å². The van der Waals surface area contributed by atoms with Gasteiger partial charge in [0.15, 0.2) is 12.4 Å². The molecule has 0 unspecified atom stereocenters. The molecule has 0 aliphatic heterocycles. The first kappa shape index (κ1) is 14.0. The van der Waals surface area contributed by atoms with E-state index < -0.39 is 4.92 Å². The predicted octanol–water partition coefficient (Wildman–Crippen LogP) is 2.76. The molecule has 7 nitrogen and oxygen atoms in total. The Labute approximate surface area is 115 Å². The number of hydrogen-bond acceptors (Lipinski definition) is 6. The molecule has 20 heavy (non-hydrogen) atoms. The first-order valence-electron chi connectivity index (χ1n) is 6.23. The summed E-state index contributed by atoms with van der Waals surface area (Å²) in [5, 5.41) is 14.4.